The van der Waals surface area contributed by atoms with Crippen LogP contribution in [-0.4, -0.2) is 35.6 Å². The highest BCUT2D eigenvalue weighted by atomic mass is 15.3. The number of nitrogens with zero attached hydrogens (tertiary/aromatic N) is 1. The summed E-state index contributed by atoms with van der Waals surface area (Å²) in [7, 11) is 0. The van der Waals surface area contributed by atoms with Crippen molar-refractivity contribution in [2.75, 3.05) is 13.1 Å². The summed E-state index contributed by atoms with van der Waals surface area (Å²) in [5.41, 5.74) is 0.344. The average molecular weight is 226 g/mol. The summed E-state index contributed by atoms with van der Waals surface area (Å²) in [5, 5.41) is 3.68. The van der Waals surface area contributed by atoms with Crippen LogP contribution in [0.2, 0.25) is 0 Å². The maximum absolute atomic E-state index is 3.68. The van der Waals surface area contributed by atoms with Crippen molar-refractivity contribution >= 4 is 0 Å². The van der Waals surface area contributed by atoms with E-state index in [1.54, 1.807) is 0 Å². The van der Waals surface area contributed by atoms with Crippen LogP contribution < -0.4 is 5.32 Å². The van der Waals surface area contributed by atoms with Crippen molar-refractivity contribution in [1.29, 1.82) is 0 Å². The molecule has 1 aliphatic heterocycles. The lowest BCUT2D eigenvalue weighted by Gasteiger charge is -2.48. The Balaban J connectivity index is 2.61. The van der Waals surface area contributed by atoms with Gasteiger partial charge in [-0.25, -0.2) is 0 Å². The first-order valence-corrected chi connectivity index (χ1v) is 6.87. The van der Waals surface area contributed by atoms with Gasteiger partial charge < -0.3 is 5.32 Å². The zero-order chi connectivity index (χ0) is 12.3. The molecule has 0 bridgehead atoms. The third-order valence-electron chi connectivity index (χ3n) is 4.05. The molecule has 0 aromatic rings. The Morgan fingerprint density at radius 3 is 2.50 bits per heavy atom. The summed E-state index contributed by atoms with van der Waals surface area (Å²) in [4.78, 5) is 2.69. The van der Waals surface area contributed by atoms with E-state index in [1.165, 1.54) is 19.4 Å². The molecule has 2 nitrogen and oxygen atoms in total. The SMILES string of the molecule is CCC(C)(C)N1CC(CC(C)C)NCC1C. The first kappa shape index (κ1) is 14.0. The van der Waals surface area contributed by atoms with Crippen molar-refractivity contribution in [3.8, 4) is 0 Å². The fraction of sp³-hybridized carbons (Fsp3) is 1.00. The van der Waals surface area contributed by atoms with E-state index in [2.05, 4.69) is 51.8 Å². The highest BCUT2D eigenvalue weighted by molar-refractivity contribution is 4.92. The Labute approximate surface area is 102 Å². The van der Waals surface area contributed by atoms with Crippen LogP contribution in [-0.2, 0) is 0 Å². The molecule has 0 aromatic carbocycles. The van der Waals surface area contributed by atoms with Crippen LogP contribution in [0.3, 0.4) is 0 Å². The van der Waals surface area contributed by atoms with Crippen LogP contribution in [0.4, 0.5) is 0 Å². The predicted molar refractivity (Wildman–Crippen MR) is 71.8 cm³/mol. The summed E-state index contributed by atoms with van der Waals surface area (Å²) in [6, 6.07) is 1.35. The molecule has 96 valence electrons. The van der Waals surface area contributed by atoms with E-state index in [1.807, 2.05) is 0 Å². The molecule has 1 N–H and O–H groups in total. The Kier molecular flexibility index (Phi) is 4.81. The van der Waals surface area contributed by atoms with Gasteiger partial charge in [-0.15, -0.1) is 0 Å². The van der Waals surface area contributed by atoms with E-state index in [0.717, 1.165) is 12.5 Å². The molecule has 1 rings (SSSR count). The second kappa shape index (κ2) is 5.50. The zero-order valence-corrected chi connectivity index (χ0v) is 12.0. The first-order valence-electron chi connectivity index (χ1n) is 6.87. The molecule has 0 radical (unpaired) electrons. The largest absolute Gasteiger partial charge is 0.311 e. The van der Waals surface area contributed by atoms with Crippen molar-refractivity contribution in [1.82, 2.24) is 10.2 Å². The molecular weight excluding hydrogens is 196 g/mol. The van der Waals surface area contributed by atoms with Gasteiger partial charge in [0.25, 0.3) is 0 Å². The van der Waals surface area contributed by atoms with Crippen LogP contribution >= 0.6 is 0 Å². The third kappa shape index (κ3) is 3.46. The van der Waals surface area contributed by atoms with Crippen LogP contribution in [0, 0.1) is 5.92 Å². The summed E-state index contributed by atoms with van der Waals surface area (Å²) in [6.07, 6.45) is 2.52. The van der Waals surface area contributed by atoms with Crippen molar-refractivity contribution in [2.45, 2.75) is 72.0 Å². The summed E-state index contributed by atoms with van der Waals surface area (Å²) in [6.45, 7) is 16.4. The van der Waals surface area contributed by atoms with Crippen LogP contribution in [0.25, 0.3) is 0 Å². The van der Waals surface area contributed by atoms with Crippen molar-refractivity contribution in [2.24, 2.45) is 5.92 Å². The highest BCUT2D eigenvalue weighted by Gasteiger charge is 2.34. The molecule has 16 heavy (non-hydrogen) atoms. The van der Waals surface area contributed by atoms with E-state index in [-0.39, 0.29) is 0 Å². The molecule has 2 heteroatoms. The molecule has 0 amide bonds. The Morgan fingerprint density at radius 1 is 1.38 bits per heavy atom. The van der Waals surface area contributed by atoms with Gasteiger partial charge in [0.15, 0.2) is 0 Å². The number of rotatable bonds is 4. The molecular formula is C14H30N2. The monoisotopic (exact) mass is 226 g/mol. The lowest BCUT2D eigenvalue weighted by atomic mass is 9.92. The van der Waals surface area contributed by atoms with Crippen LogP contribution in [0.1, 0.15) is 54.4 Å². The van der Waals surface area contributed by atoms with Gasteiger partial charge in [0.05, 0.1) is 0 Å². The molecule has 0 aromatic heterocycles. The third-order valence-corrected chi connectivity index (χ3v) is 4.05. The second-order valence-electron chi connectivity index (χ2n) is 6.40. The quantitative estimate of drug-likeness (QED) is 0.793. The zero-order valence-electron chi connectivity index (χ0n) is 12.0. The van der Waals surface area contributed by atoms with Crippen LogP contribution in [0.5, 0.6) is 0 Å². The fourth-order valence-electron chi connectivity index (χ4n) is 2.70. The normalized spacial score (nSPS) is 28.7. The molecule has 0 aliphatic carbocycles. The molecule has 1 aliphatic rings. The molecule has 2 atom stereocenters. The lowest BCUT2D eigenvalue weighted by Crippen LogP contribution is -2.61. The number of hydrogen-bond donors (Lipinski definition) is 1. The topological polar surface area (TPSA) is 15.3 Å². The maximum atomic E-state index is 3.68. The molecule has 0 saturated carbocycles. The number of hydrogen-bond acceptors (Lipinski definition) is 2. The van der Waals surface area contributed by atoms with Gasteiger partial charge in [-0.1, -0.05) is 20.8 Å². The van der Waals surface area contributed by atoms with E-state index in [9.17, 15) is 0 Å². The molecule has 1 fully saturated rings. The number of nitrogens with one attached hydrogen (secondary N) is 1. The highest BCUT2D eigenvalue weighted by Crippen LogP contribution is 2.25. The molecule has 0 spiro atoms. The summed E-state index contributed by atoms with van der Waals surface area (Å²) < 4.78 is 0. The van der Waals surface area contributed by atoms with Gasteiger partial charge >= 0.3 is 0 Å². The Bertz CT molecular complexity index is 211. The summed E-state index contributed by atoms with van der Waals surface area (Å²) in [5.74, 6) is 0.789. The predicted octanol–water partition coefficient (Wildman–Crippen LogP) is 2.88. The van der Waals surface area contributed by atoms with Gasteiger partial charge in [-0.05, 0) is 39.5 Å². The minimum Gasteiger partial charge on any atom is -0.311 e. The first-order chi connectivity index (χ1) is 7.36. The molecule has 1 saturated heterocycles. The Morgan fingerprint density at radius 2 is 2.00 bits per heavy atom. The maximum Gasteiger partial charge on any atom is 0.0198 e. The van der Waals surface area contributed by atoms with Crippen molar-refractivity contribution in [3.63, 3.8) is 0 Å². The Hall–Kier alpha value is -0.0800. The van der Waals surface area contributed by atoms with Gasteiger partial charge in [-0.3, -0.25) is 4.90 Å². The minimum absolute atomic E-state index is 0.344. The lowest BCUT2D eigenvalue weighted by molar-refractivity contribution is 0.0322. The molecule has 2 unspecified atom stereocenters. The van der Waals surface area contributed by atoms with E-state index in [0.29, 0.717) is 17.6 Å². The van der Waals surface area contributed by atoms with Crippen LogP contribution in [0.15, 0.2) is 0 Å². The smallest absolute Gasteiger partial charge is 0.0198 e. The van der Waals surface area contributed by atoms with Crippen molar-refractivity contribution < 1.29 is 0 Å². The summed E-state index contributed by atoms with van der Waals surface area (Å²) >= 11 is 0. The van der Waals surface area contributed by atoms with E-state index >= 15 is 0 Å². The van der Waals surface area contributed by atoms with Crippen molar-refractivity contribution in [3.05, 3.63) is 0 Å². The average Bonchev–Trinajstić information content (AvgIpc) is 2.20. The van der Waals surface area contributed by atoms with Gasteiger partial charge in [0.1, 0.15) is 0 Å². The van der Waals surface area contributed by atoms with Gasteiger partial charge in [-0.2, -0.15) is 0 Å². The minimum atomic E-state index is 0.344. The van der Waals surface area contributed by atoms with Gasteiger partial charge in [0.2, 0.25) is 0 Å². The van der Waals surface area contributed by atoms with E-state index in [4.69, 9.17) is 0 Å². The van der Waals surface area contributed by atoms with E-state index < -0.39 is 0 Å². The van der Waals surface area contributed by atoms with Gasteiger partial charge in [0, 0.05) is 30.7 Å². The second-order valence-corrected chi connectivity index (χ2v) is 6.40. The number of piperazine rings is 1. The molecule has 1 heterocycles. The standard InChI is InChI=1S/C14H30N2/c1-7-14(5,6)16-10-13(8-11(2)3)15-9-12(16)4/h11-13,15H,7-10H2,1-6H3. The fourth-order valence-corrected chi connectivity index (χ4v) is 2.70.